The number of nitrogens with zero attached hydrogens (tertiary/aromatic N) is 2. The molecule has 0 atom stereocenters. The second-order valence-electron chi connectivity index (χ2n) is 7.30. The van der Waals surface area contributed by atoms with Gasteiger partial charge in [-0.2, -0.15) is 0 Å². The molecule has 0 radical (unpaired) electrons. The fraction of sp³-hybridized carbons (Fsp3) is 0.261. The number of fused-ring (bicyclic) bond motifs is 1. The van der Waals surface area contributed by atoms with Crippen LogP contribution in [0.25, 0.3) is 10.9 Å². The number of hydrogen-bond acceptors (Lipinski definition) is 4. The van der Waals surface area contributed by atoms with Gasteiger partial charge in [0.25, 0.3) is 5.91 Å². The monoisotopic (exact) mass is 405 g/mol. The molecule has 1 N–H and O–H groups in total. The lowest BCUT2D eigenvalue weighted by atomic mass is 10.1. The van der Waals surface area contributed by atoms with E-state index in [2.05, 4.69) is 9.88 Å². The molecule has 30 heavy (non-hydrogen) atoms. The van der Waals surface area contributed by atoms with Crippen molar-refractivity contribution >= 4 is 34.3 Å². The van der Waals surface area contributed by atoms with Crippen molar-refractivity contribution in [2.75, 3.05) is 19.0 Å². The smallest absolute Gasteiger partial charge is 0.255 e. The Balaban J connectivity index is 1.42. The highest BCUT2D eigenvalue weighted by molar-refractivity contribution is 6.05. The Morgan fingerprint density at radius 2 is 1.77 bits per heavy atom. The number of methoxy groups -OCH3 is 1. The summed E-state index contributed by atoms with van der Waals surface area (Å²) in [5.74, 6) is -0.505. The topological polar surface area (TPSA) is 80.6 Å². The molecule has 1 aromatic heterocycles. The average Bonchev–Trinajstić information content (AvgIpc) is 3.30. The van der Waals surface area contributed by atoms with Crippen molar-refractivity contribution in [1.29, 1.82) is 0 Å². The maximum absolute atomic E-state index is 12.6. The molecule has 154 valence electrons. The van der Waals surface area contributed by atoms with Gasteiger partial charge >= 0.3 is 0 Å². The van der Waals surface area contributed by atoms with Crippen molar-refractivity contribution in [3.05, 3.63) is 65.9 Å². The summed E-state index contributed by atoms with van der Waals surface area (Å²) in [7, 11) is 1.68. The van der Waals surface area contributed by atoms with Gasteiger partial charge in [0, 0.05) is 54.8 Å². The first-order chi connectivity index (χ1) is 14.5. The first-order valence-electron chi connectivity index (χ1n) is 9.86. The number of imide groups is 1. The second-order valence-corrected chi connectivity index (χ2v) is 7.30. The molecule has 0 unspecified atom stereocenters. The van der Waals surface area contributed by atoms with E-state index in [9.17, 15) is 14.4 Å². The molecule has 2 aromatic carbocycles. The maximum atomic E-state index is 12.6. The number of rotatable bonds is 7. The molecule has 3 aromatic rings. The van der Waals surface area contributed by atoms with Gasteiger partial charge in [0.05, 0.1) is 13.2 Å². The van der Waals surface area contributed by atoms with Crippen LogP contribution in [-0.2, 0) is 27.4 Å². The summed E-state index contributed by atoms with van der Waals surface area (Å²) in [5, 5.41) is 3.96. The molecule has 7 heteroatoms. The summed E-state index contributed by atoms with van der Waals surface area (Å²) in [5.41, 5.74) is 3.12. The van der Waals surface area contributed by atoms with Crippen LogP contribution in [0.15, 0.2) is 54.7 Å². The SMILES string of the molecule is COCCn1ccc2cc(NC(=O)c3ccc(CN4C(=O)CCC4=O)cc3)ccc21. The Kier molecular flexibility index (Phi) is 5.63. The van der Waals surface area contributed by atoms with E-state index in [-0.39, 0.29) is 37.1 Å². The summed E-state index contributed by atoms with van der Waals surface area (Å²) in [6.45, 7) is 1.65. The standard InChI is InChI=1S/C23H23N3O4/c1-30-13-12-25-11-10-18-14-19(6-7-20(18)25)24-23(29)17-4-2-16(3-5-17)15-26-21(27)8-9-22(26)28/h2-7,10-11,14H,8-9,12-13,15H2,1H3,(H,24,29). The summed E-state index contributed by atoms with van der Waals surface area (Å²) in [6.07, 6.45) is 2.56. The molecule has 4 rings (SSSR count). The van der Waals surface area contributed by atoms with Gasteiger partial charge in [-0.05, 0) is 42.0 Å². The highest BCUT2D eigenvalue weighted by Crippen LogP contribution is 2.22. The van der Waals surface area contributed by atoms with Crippen LogP contribution in [0.5, 0.6) is 0 Å². The van der Waals surface area contributed by atoms with E-state index in [1.54, 1.807) is 31.4 Å². The van der Waals surface area contributed by atoms with Crippen LogP contribution < -0.4 is 5.32 Å². The largest absolute Gasteiger partial charge is 0.383 e. The molecule has 1 aliphatic heterocycles. The molecule has 3 amide bonds. The van der Waals surface area contributed by atoms with E-state index in [1.165, 1.54) is 4.90 Å². The summed E-state index contributed by atoms with van der Waals surface area (Å²) < 4.78 is 7.24. The zero-order chi connectivity index (χ0) is 21.1. The third-order valence-corrected chi connectivity index (χ3v) is 5.28. The molecular weight excluding hydrogens is 382 g/mol. The van der Waals surface area contributed by atoms with Crippen LogP contribution in [0, 0.1) is 0 Å². The van der Waals surface area contributed by atoms with Crippen LogP contribution in [-0.4, -0.2) is 40.9 Å². The number of aromatic nitrogens is 1. The van der Waals surface area contributed by atoms with Crippen LogP contribution in [0.3, 0.4) is 0 Å². The number of hydrogen-bond donors (Lipinski definition) is 1. The molecule has 7 nitrogen and oxygen atoms in total. The second kappa shape index (κ2) is 8.51. The lowest BCUT2D eigenvalue weighted by Gasteiger charge is -2.14. The molecule has 1 fully saturated rings. The van der Waals surface area contributed by atoms with Gasteiger partial charge in [0.2, 0.25) is 11.8 Å². The highest BCUT2D eigenvalue weighted by Gasteiger charge is 2.28. The first-order valence-corrected chi connectivity index (χ1v) is 9.86. The number of likely N-dealkylation sites (tertiary alicyclic amines) is 1. The molecule has 0 bridgehead atoms. The number of nitrogens with one attached hydrogen (secondary N) is 1. The van der Waals surface area contributed by atoms with Crippen LogP contribution in [0.2, 0.25) is 0 Å². The highest BCUT2D eigenvalue weighted by atomic mass is 16.5. The van der Waals surface area contributed by atoms with E-state index >= 15 is 0 Å². The minimum Gasteiger partial charge on any atom is -0.383 e. The van der Waals surface area contributed by atoms with E-state index in [1.807, 2.05) is 30.5 Å². The maximum Gasteiger partial charge on any atom is 0.255 e. The van der Waals surface area contributed by atoms with Gasteiger partial charge in [-0.25, -0.2) is 0 Å². The van der Waals surface area contributed by atoms with Gasteiger partial charge in [0.15, 0.2) is 0 Å². The zero-order valence-corrected chi connectivity index (χ0v) is 16.8. The van der Waals surface area contributed by atoms with Crippen LogP contribution in [0.4, 0.5) is 5.69 Å². The average molecular weight is 405 g/mol. The Hall–Kier alpha value is -3.45. The number of benzene rings is 2. The van der Waals surface area contributed by atoms with E-state index < -0.39 is 0 Å². The fourth-order valence-corrected chi connectivity index (χ4v) is 3.61. The van der Waals surface area contributed by atoms with Crippen molar-refractivity contribution < 1.29 is 19.1 Å². The molecular formula is C23H23N3O4. The quantitative estimate of drug-likeness (QED) is 0.612. The minimum absolute atomic E-state index is 0.145. The normalized spacial score (nSPS) is 14.0. The summed E-state index contributed by atoms with van der Waals surface area (Å²) >= 11 is 0. The number of carbonyl (C=O) groups excluding carboxylic acids is 3. The number of amides is 3. The zero-order valence-electron chi connectivity index (χ0n) is 16.8. The third-order valence-electron chi connectivity index (χ3n) is 5.28. The van der Waals surface area contributed by atoms with Gasteiger partial charge in [-0.3, -0.25) is 19.3 Å². The minimum atomic E-state index is -0.215. The lowest BCUT2D eigenvalue weighted by Crippen LogP contribution is -2.28. The van der Waals surface area contributed by atoms with Crippen molar-refractivity contribution in [2.24, 2.45) is 0 Å². The van der Waals surface area contributed by atoms with Gasteiger partial charge in [-0.15, -0.1) is 0 Å². The Morgan fingerprint density at radius 3 is 2.47 bits per heavy atom. The van der Waals surface area contributed by atoms with Crippen molar-refractivity contribution in [2.45, 2.75) is 25.9 Å². The number of anilines is 1. The van der Waals surface area contributed by atoms with Gasteiger partial charge < -0.3 is 14.6 Å². The van der Waals surface area contributed by atoms with E-state index in [0.717, 1.165) is 23.0 Å². The Labute approximate surface area is 174 Å². The number of ether oxygens (including phenoxy) is 1. The lowest BCUT2D eigenvalue weighted by molar-refractivity contribution is -0.139. The molecule has 0 aliphatic carbocycles. The predicted molar refractivity (Wildman–Crippen MR) is 113 cm³/mol. The fourth-order valence-electron chi connectivity index (χ4n) is 3.61. The molecule has 1 saturated heterocycles. The van der Waals surface area contributed by atoms with Gasteiger partial charge in [0.1, 0.15) is 0 Å². The molecule has 2 heterocycles. The molecule has 0 spiro atoms. The van der Waals surface area contributed by atoms with Crippen LogP contribution in [0.1, 0.15) is 28.8 Å². The summed E-state index contributed by atoms with van der Waals surface area (Å²) in [6, 6.07) is 14.8. The van der Waals surface area contributed by atoms with Gasteiger partial charge in [-0.1, -0.05) is 12.1 Å². The molecule has 0 saturated carbocycles. The van der Waals surface area contributed by atoms with Crippen LogP contribution >= 0.6 is 0 Å². The Morgan fingerprint density at radius 1 is 1.03 bits per heavy atom. The Bertz CT molecular complexity index is 1090. The number of carbonyl (C=O) groups is 3. The van der Waals surface area contributed by atoms with Crippen molar-refractivity contribution in [3.63, 3.8) is 0 Å². The van der Waals surface area contributed by atoms with E-state index in [0.29, 0.717) is 17.9 Å². The van der Waals surface area contributed by atoms with E-state index in [4.69, 9.17) is 4.74 Å². The third kappa shape index (κ3) is 4.11. The summed E-state index contributed by atoms with van der Waals surface area (Å²) in [4.78, 5) is 37.4. The molecule has 1 aliphatic rings. The predicted octanol–water partition coefficient (Wildman–Crippen LogP) is 3.19. The van der Waals surface area contributed by atoms with Crippen molar-refractivity contribution in [3.8, 4) is 0 Å². The van der Waals surface area contributed by atoms with Crippen molar-refractivity contribution in [1.82, 2.24) is 9.47 Å². The first kappa shape index (κ1) is 19.8.